The van der Waals surface area contributed by atoms with E-state index in [0.29, 0.717) is 12.3 Å². The predicted molar refractivity (Wildman–Crippen MR) is 108 cm³/mol. The van der Waals surface area contributed by atoms with E-state index in [2.05, 4.69) is 15.5 Å². The monoisotopic (exact) mass is 415 g/mol. The number of hydrogen-bond acceptors (Lipinski definition) is 6. The van der Waals surface area contributed by atoms with E-state index in [1.54, 1.807) is 13.8 Å². The molecule has 1 heterocycles. The minimum Gasteiger partial charge on any atom is -0.481 e. The predicted octanol–water partition coefficient (Wildman–Crippen LogP) is 4.45. The Balaban J connectivity index is 1.50. The van der Waals surface area contributed by atoms with Gasteiger partial charge < -0.3 is 14.5 Å². The first-order valence-corrected chi connectivity index (χ1v) is 10.0. The minimum absolute atomic E-state index is 0.120. The minimum atomic E-state index is -0.506. The van der Waals surface area contributed by atoms with Crippen LogP contribution in [0.2, 0.25) is 0 Å². The van der Waals surface area contributed by atoms with Gasteiger partial charge in [-0.2, -0.15) is 0 Å². The Morgan fingerprint density at radius 1 is 1.14 bits per heavy atom. The first-order chi connectivity index (χ1) is 13.9. The molecule has 0 aliphatic carbocycles. The molecule has 3 rings (SSSR count). The third kappa shape index (κ3) is 6.05. The molecule has 6 nitrogen and oxygen atoms in total. The van der Waals surface area contributed by atoms with Crippen LogP contribution in [0, 0.1) is 12.7 Å². The van der Waals surface area contributed by atoms with E-state index in [1.165, 1.54) is 41.6 Å². The van der Waals surface area contributed by atoms with Crippen molar-refractivity contribution in [2.75, 3.05) is 0 Å². The summed E-state index contributed by atoms with van der Waals surface area (Å²) in [6.07, 6.45) is -0.506. The summed E-state index contributed by atoms with van der Waals surface area (Å²) >= 11 is 1.18. The van der Waals surface area contributed by atoms with Crippen LogP contribution in [0.25, 0.3) is 0 Å². The SMILES string of the molecule is Cc1ccc(CNC(=O)C(C)Sc2nnc(C(C)Oc3ccc(F)cc3)o2)cc1. The number of halogens is 1. The quantitative estimate of drug-likeness (QED) is 0.548. The summed E-state index contributed by atoms with van der Waals surface area (Å²) in [6, 6.07) is 13.7. The average molecular weight is 415 g/mol. The molecule has 0 saturated heterocycles. The van der Waals surface area contributed by atoms with Gasteiger partial charge in [-0.3, -0.25) is 4.79 Å². The Bertz CT molecular complexity index is 945. The Morgan fingerprint density at radius 2 is 1.83 bits per heavy atom. The first kappa shape index (κ1) is 20.9. The van der Waals surface area contributed by atoms with Gasteiger partial charge in [0.25, 0.3) is 11.1 Å². The van der Waals surface area contributed by atoms with Gasteiger partial charge in [0.15, 0.2) is 6.10 Å². The zero-order chi connectivity index (χ0) is 20.8. The van der Waals surface area contributed by atoms with Crippen LogP contribution in [0.3, 0.4) is 0 Å². The largest absolute Gasteiger partial charge is 0.481 e. The smallest absolute Gasteiger partial charge is 0.277 e. The molecule has 2 aromatic carbocycles. The van der Waals surface area contributed by atoms with Gasteiger partial charge >= 0.3 is 0 Å². The van der Waals surface area contributed by atoms with Crippen LogP contribution in [-0.2, 0) is 11.3 Å². The van der Waals surface area contributed by atoms with Crippen LogP contribution >= 0.6 is 11.8 Å². The van der Waals surface area contributed by atoms with Crippen molar-refractivity contribution >= 4 is 17.7 Å². The molecule has 1 amide bonds. The fraction of sp³-hybridized carbons (Fsp3) is 0.286. The van der Waals surface area contributed by atoms with Gasteiger partial charge in [-0.15, -0.1) is 10.2 Å². The number of rotatable bonds is 8. The number of aromatic nitrogens is 2. The molecule has 0 saturated carbocycles. The fourth-order valence-electron chi connectivity index (χ4n) is 2.44. The molecule has 0 aliphatic heterocycles. The van der Waals surface area contributed by atoms with Gasteiger partial charge in [-0.05, 0) is 50.6 Å². The molecule has 1 aromatic heterocycles. The van der Waals surface area contributed by atoms with Gasteiger partial charge in [0, 0.05) is 6.54 Å². The van der Waals surface area contributed by atoms with E-state index >= 15 is 0 Å². The van der Waals surface area contributed by atoms with Gasteiger partial charge in [0.1, 0.15) is 11.6 Å². The van der Waals surface area contributed by atoms with Crippen molar-refractivity contribution in [3.63, 3.8) is 0 Å². The van der Waals surface area contributed by atoms with Crippen LogP contribution in [0.15, 0.2) is 58.2 Å². The summed E-state index contributed by atoms with van der Waals surface area (Å²) in [7, 11) is 0. The number of ether oxygens (including phenoxy) is 1. The summed E-state index contributed by atoms with van der Waals surface area (Å²) in [5.41, 5.74) is 2.21. The summed E-state index contributed by atoms with van der Waals surface area (Å²) < 4.78 is 24.2. The topological polar surface area (TPSA) is 77.2 Å². The molecule has 0 spiro atoms. The Labute approximate surface area is 172 Å². The zero-order valence-corrected chi connectivity index (χ0v) is 17.2. The molecule has 2 unspecified atom stereocenters. The maximum absolute atomic E-state index is 13.0. The van der Waals surface area contributed by atoms with E-state index in [-0.39, 0.29) is 22.8 Å². The molecule has 29 heavy (non-hydrogen) atoms. The highest BCUT2D eigenvalue weighted by atomic mass is 32.2. The molecule has 2 atom stereocenters. The molecule has 152 valence electrons. The standard InChI is InChI=1S/C21H22FN3O3S/c1-13-4-6-16(7-5-13)12-23-19(26)15(3)29-21-25-24-20(28-21)14(2)27-18-10-8-17(22)9-11-18/h4-11,14-15H,12H2,1-3H3,(H,23,26). The number of benzene rings is 2. The van der Waals surface area contributed by atoms with Crippen LogP contribution in [-0.4, -0.2) is 21.4 Å². The lowest BCUT2D eigenvalue weighted by Gasteiger charge is -2.11. The number of hydrogen-bond donors (Lipinski definition) is 1. The summed E-state index contributed by atoms with van der Waals surface area (Å²) in [5.74, 6) is 0.321. The summed E-state index contributed by atoms with van der Waals surface area (Å²) in [4.78, 5) is 12.3. The van der Waals surface area contributed by atoms with Crippen molar-refractivity contribution in [1.82, 2.24) is 15.5 Å². The Kier molecular flexibility index (Phi) is 6.87. The van der Waals surface area contributed by atoms with Crippen LogP contribution in [0.4, 0.5) is 4.39 Å². The van der Waals surface area contributed by atoms with Gasteiger partial charge in [0.2, 0.25) is 5.91 Å². The van der Waals surface area contributed by atoms with Gasteiger partial charge in [-0.25, -0.2) is 4.39 Å². The number of aryl methyl sites for hydroxylation is 1. The molecular weight excluding hydrogens is 393 g/mol. The second-order valence-electron chi connectivity index (χ2n) is 6.58. The lowest BCUT2D eigenvalue weighted by molar-refractivity contribution is -0.120. The fourth-order valence-corrected chi connectivity index (χ4v) is 3.16. The second kappa shape index (κ2) is 9.56. The number of nitrogens with one attached hydrogen (secondary N) is 1. The molecule has 0 bridgehead atoms. The number of amides is 1. The third-order valence-corrected chi connectivity index (χ3v) is 5.06. The van der Waals surface area contributed by atoms with Crippen LogP contribution < -0.4 is 10.1 Å². The summed E-state index contributed by atoms with van der Waals surface area (Å²) in [6.45, 7) is 6.01. The van der Waals surface area contributed by atoms with E-state index in [0.717, 1.165) is 5.56 Å². The molecule has 0 radical (unpaired) electrons. The maximum Gasteiger partial charge on any atom is 0.277 e. The number of thioether (sulfide) groups is 1. The van der Waals surface area contributed by atoms with Crippen molar-refractivity contribution in [1.29, 1.82) is 0 Å². The van der Waals surface area contributed by atoms with Crippen LogP contribution in [0.5, 0.6) is 5.75 Å². The average Bonchev–Trinajstić information content (AvgIpc) is 3.17. The van der Waals surface area contributed by atoms with Crippen LogP contribution in [0.1, 0.15) is 37.0 Å². The molecule has 8 heteroatoms. The van der Waals surface area contributed by atoms with Crippen molar-refractivity contribution in [3.05, 3.63) is 71.4 Å². The number of nitrogens with zero attached hydrogens (tertiary/aromatic N) is 2. The molecule has 3 aromatic rings. The van der Waals surface area contributed by atoms with Crippen molar-refractivity contribution in [2.45, 2.75) is 43.9 Å². The third-order valence-electron chi connectivity index (χ3n) is 4.13. The second-order valence-corrected chi connectivity index (χ2v) is 7.88. The Hall–Kier alpha value is -2.87. The molecule has 1 N–H and O–H groups in total. The first-order valence-electron chi connectivity index (χ1n) is 9.16. The van der Waals surface area contributed by atoms with E-state index < -0.39 is 11.4 Å². The van der Waals surface area contributed by atoms with Gasteiger partial charge in [0.05, 0.1) is 5.25 Å². The highest BCUT2D eigenvalue weighted by Crippen LogP contribution is 2.26. The number of carbonyl (C=O) groups is 1. The van der Waals surface area contributed by atoms with E-state index in [1.807, 2.05) is 31.2 Å². The lowest BCUT2D eigenvalue weighted by Crippen LogP contribution is -2.30. The van der Waals surface area contributed by atoms with Crippen molar-refractivity contribution < 1.29 is 18.3 Å². The Morgan fingerprint density at radius 3 is 2.52 bits per heavy atom. The van der Waals surface area contributed by atoms with Crippen molar-refractivity contribution in [2.24, 2.45) is 0 Å². The molecular formula is C21H22FN3O3S. The summed E-state index contributed by atoms with van der Waals surface area (Å²) in [5, 5.41) is 10.7. The highest BCUT2D eigenvalue weighted by molar-refractivity contribution is 8.00. The van der Waals surface area contributed by atoms with Crippen molar-refractivity contribution in [3.8, 4) is 5.75 Å². The lowest BCUT2D eigenvalue weighted by atomic mass is 10.1. The zero-order valence-electron chi connectivity index (χ0n) is 16.4. The van der Waals surface area contributed by atoms with E-state index in [9.17, 15) is 9.18 Å². The number of carbonyl (C=O) groups excluding carboxylic acids is 1. The molecule has 0 aliphatic rings. The normalized spacial score (nSPS) is 13.0. The van der Waals surface area contributed by atoms with E-state index in [4.69, 9.17) is 9.15 Å². The maximum atomic E-state index is 13.0. The highest BCUT2D eigenvalue weighted by Gasteiger charge is 2.21. The van der Waals surface area contributed by atoms with Gasteiger partial charge in [-0.1, -0.05) is 41.6 Å². The molecule has 0 fully saturated rings.